The molecule has 1 amide bonds. The van der Waals surface area contributed by atoms with Gasteiger partial charge in [0.2, 0.25) is 0 Å². The molecule has 1 aliphatic heterocycles. The molecule has 21 heavy (non-hydrogen) atoms. The highest BCUT2D eigenvalue weighted by Gasteiger charge is 2.27. The van der Waals surface area contributed by atoms with Crippen LogP contribution in [0.5, 0.6) is 5.75 Å². The van der Waals surface area contributed by atoms with Gasteiger partial charge in [-0.15, -0.1) is 0 Å². The Morgan fingerprint density at radius 1 is 1.14 bits per heavy atom. The molecular weight excluding hydrogens is 283 g/mol. The zero-order chi connectivity index (χ0) is 15.0. The predicted octanol–water partition coefficient (Wildman–Crippen LogP) is 3.14. The fourth-order valence-electron chi connectivity index (χ4n) is 2.22. The van der Waals surface area contributed by atoms with E-state index in [1.807, 2.05) is 0 Å². The van der Waals surface area contributed by atoms with Crippen molar-refractivity contribution in [3.8, 4) is 5.75 Å². The Balaban J connectivity index is 2.02. The molecular formula is C15H10F3NO2. The van der Waals surface area contributed by atoms with Crippen molar-refractivity contribution in [2.24, 2.45) is 0 Å². The molecule has 0 aromatic heterocycles. The Kier molecular flexibility index (Phi) is 3.29. The van der Waals surface area contributed by atoms with Crippen LogP contribution in [0.15, 0.2) is 36.4 Å². The number of carbonyl (C=O) groups excluding carboxylic acids is 1. The van der Waals surface area contributed by atoms with Crippen LogP contribution >= 0.6 is 0 Å². The predicted molar refractivity (Wildman–Crippen MR) is 69.9 cm³/mol. The lowest BCUT2D eigenvalue weighted by atomic mass is 10.1. The number of hydrogen-bond donors (Lipinski definition) is 0. The topological polar surface area (TPSA) is 29.5 Å². The summed E-state index contributed by atoms with van der Waals surface area (Å²) >= 11 is 0. The number of fused-ring (bicyclic) bond motifs is 1. The van der Waals surface area contributed by atoms with Gasteiger partial charge in [0.1, 0.15) is 18.2 Å². The molecule has 3 rings (SSSR count). The summed E-state index contributed by atoms with van der Waals surface area (Å²) in [7, 11) is 0. The van der Waals surface area contributed by atoms with E-state index < -0.39 is 23.4 Å². The first-order chi connectivity index (χ1) is 10.1. The fourth-order valence-corrected chi connectivity index (χ4v) is 2.22. The maximum absolute atomic E-state index is 13.7. The standard InChI is InChI=1S/C15H10F3NO2/c16-9-4-5-12-13(8-9)21-7-6-19(12)15(20)10-2-1-3-11(17)14(10)18/h1-5,8H,6-7H2. The summed E-state index contributed by atoms with van der Waals surface area (Å²) < 4.78 is 45.4. The van der Waals surface area contributed by atoms with E-state index in [-0.39, 0.29) is 24.5 Å². The van der Waals surface area contributed by atoms with Crippen LogP contribution in [0.1, 0.15) is 10.4 Å². The van der Waals surface area contributed by atoms with Crippen LogP contribution < -0.4 is 9.64 Å². The van der Waals surface area contributed by atoms with Crippen molar-refractivity contribution < 1.29 is 22.7 Å². The number of ether oxygens (including phenoxy) is 1. The van der Waals surface area contributed by atoms with E-state index in [1.54, 1.807) is 0 Å². The zero-order valence-electron chi connectivity index (χ0n) is 10.8. The average Bonchev–Trinajstić information content (AvgIpc) is 2.48. The molecule has 1 aliphatic rings. The van der Waals surface area contributed by atoms with E-state index in [0.29, 0.717) is 5.69 Å². The normalized spacial score (nSPS) is 13.6. The third kappa shape index (κ3) is 2.33. The number of benzene rings is 2. The first kappa shape index (κ1) is 13.5. The SMILES string of the molecule is O=C(c1cccc(F)c1F)N1CCOc2cc(F)ccc21. The molecule has 0 saturated heterocycles. The van der Waals surface area contributed by atoms with Crippen LogP contribution in [0.2, 0.25) is 0 Å². The van der Waals surface area contributed by atoms with E-state index in [0.717, 1.165) is 12.1 Å². The molecule has 0 atom stereocenters. The minimum absolute atomic E-state index is 0.152. The summed E-state index contributed by atoms with van der Waals surface area (Å²) in [6.45, 7) is 0.326. The number of rotatable bonds is 1. The van der Waals surface area contributed by atoms with Crippen LogP contribution in [0, 0.1) is 17.5 Å². The van der Waals surface area contributed by atoms with Gasteiger partial charge in [-0.1, -0.05) is 6.07 Å². The smallest absolute Gasteiger partial charge is 0.261 e. The summed E-state index contributed by atoms with van der Waals surface area (Å²) in [4.78, 5) is 13.6. The molecule has 0 radical (unpaired) electrons. The van der Waals surface area contributed by atoms with Gasteiger partial charge in [0, 0.05) is 6.07 Å². The molecule has 0 saturated carbocycles. The third-order valence-electron chi connectivity index (χ3n) is 3.21. The van der Waals surface area contributed by atoms with E-state index >= 15 is 0 Å². The van der Waals surface area contributed by atoms with Gasteiger partial charge in [-0.2, -0.15) is 0 Å². The Labute approximate surface area is 118 Å². The van der Waals surface area contributed by atoms with Gasteiger partial charge in [0.15, 0.2) is 11.6 Å². The summed E-state index contributed by atoms with van der Waals surface area (Å²) in [5.74, 6) is -3.28. The van der Waals surface area contributed by atoms with Crippen molar-refractivity contribution in [2.45, 2.75) is 0 Å². The van der Waals surface area contributed by atoms with Gasteiger partial charge in [-0.05, 0) is 24.3 Å². The van der Waals surface area contributed by atoms with Gasteiger partial charge in [-0.3, -0.25) is 4.79 Å². The maximum atomic E-state index is 13.7. The number of amides is 1. The molecule has 6 heteroatoms. The van der Waals surface area contributed by atoms with Crippen molar-refractivity contribution in [2.75, 3.05) is 18.1 Å². The summed E-state index contributed by atoms with van der Waals surface area (Å²) in [6.07, 6.45) is 0. The molecule has 2 aromatic rings. The van der Waals surface area contributed by atoms with E-state index in [4.69, 9.17) is 4.74 Å². The van der Waals surface area contributed by atoms with Crippen molar-refractivity contribution >= 4 is 11.6 Å². The molecule has 108 valence electrons. The highest BCUT2D eigenvalue weighted by Crippen LogP contribution is 2.33. The number of carbonyl (C=O) groups is 1. The van der Waals surface area contributed by atoms with Gasteiger partial charge in [0.05, 0.1) is 17.8 Å². The largest absolute Gasteiger partial charge is 0.489 e. The zero-order valence-corrected chi connectivity index (χ0v) is 10.8. The van der Waals surface area contributed by atoms with Gasteiger partial charge >= 0.3 is 0 Å². The van der Waals surface area contributed by atoms with E-state index in [1.165, 1.54) is 29.2 Å². The fraction of sp³-hybridized carbons (Fsp3) is 0.133. The number of anilines is 1. The molecule has 0 aliphatic carbocycles. The highest BCUT2D eigenvalue weighted by molar-refractivity contribution is 6.07. The minimum atomic E-state index is -1.20. The third-order valence-corrected chi connectivity index (χ3v) is 3.21. The van der Waals surface area contributed by atoms with Gasteiger partial charge in [-0.25, -0.2) is 13.2 Å². The quantitative estimate of drug-likeness (QED) is 0.808. The van der Waals surface area contributed by atoms with Crippen LogP contribution in [-0.2, 0) is 0 Å². The lowest BCUT2D eigenvalue weighted by molar-refractivity contribution is 0.0971. The monoisotopic (exact) mass is 293 g/mol. The molecule has 2 aromatic carbocycles. The lowest BCUT2D eigenvalue weighted by Crippen LogP contribution is -2.38. The molecule has 0 unspecified atom stereocenters. The Hall–Kier alpha value is -2.50. The Morgan fingerprint density at radius 2 is 1.95 bits per heavy atom. The highest BCUT2D eigenvalue weighted by atomic mass is 19.2. The second-order valence-electron chi connectivity index (χ2n) is 4.52. The number of hydrogen-bond acceptors (Lipinski definition) is 2. The van der Waals surface area contributed by atoms with Crippen LogP contribution in [0.3, 0.4) is 0 Å². The van der Waals surface area contributed by atoms with Gasteiger partial charge < -0.3 is 9.64 Å². The van der Waals surface area contributed by atoms with Crippen molar-refractivity contribution in [3.05, 3.63) is 59.4 Å². The Bertz CT molecular complexity index is 718. The van der Waals surface area contributed by atoms with E-state index in [2.05, 4.69) is 0 Å². The van der Waals surface area contributed by atoms with E-state index in [9.17, 15) is 18.0 Å². The minimum Gasteiger partial charge on any atom is -0.489 e. The van der Waals surface area contributed by atoms with Crippen LogP contribution in [0.25, 0.3) is 0 Å². The van der Waals surface area contributed by atoms with Crippen LogP contribution in [-0.4, -0.2) is 19.1 Å². The number of halogens is 3. The summed E-state index contributed by atoms with van der Waals surface area (Å²) in [5, 5.41) is 0. The van der Waals surface area contributed by atoms with Crippen molar-refractivity contribution in [1.82, 2.24) is 0 Å². The lowest BCUT2D eigenvalue weighted by Gasteiger charge is -2.29. The first-order valence-electron chi connectivity index (χ1n) is 6.26. The molecule has 3 nitrogen and oxygen atoms in total. The van der Waals surface area contributed by atoms with Crippen molar-refractivity contribution in [3.63, 3.8) is 0 Å². The average molecular weight is 293 g/mol. The maximum Gasteiger partial charge on any atom is 0.261 e. The Morgan fingerprint density at radius 3 is 2.76 bits per heavy atom. The van der Waals surface area contributed by atoms with Crippen LogP contribution in [0.4, 0.5) is 18.9 Å². The molecule has 1 heterocycles. The van der Waals surface area contributed by atoms with Gasteiger partial charge in [0.25, 0.3) is 5.91 Å². The van der Waals surface area contributed by atoms with Crippen molar-refractivity contribution in [1.29, 1.82) is 0 Å². The molecule has 0 bridgehead atoms. The number of nitrogens with zero attached hydrogens (tertiary/aromatic N) is 1. The first-order valence-corrected chi connectivity index (χ1v) is 6.26. The molecule has 0 N–H and O–H groups in total. The second kappa shape index (κ2) is 5.12. The molecule has 0 spiro atoms. The summed E-state index contributed by atoms with van der Waals surface area (Å²) in [5.41, 5.74) is -0.0384. The summed E-state index contributed by atoms with van der Waals surface area (Å²) in [6, 6.07) is 7.11. The molecule has 0 fully saturated rings. The second-order valence-corrected chi connectivity index (χ2v) is 4.52.